The molecule has 23 heavy (non-hydrogen) atoms. The lowest BCUT2D eigenvalue weighted by atomic mass is 10.0. The Morgan fingerprint density at radius 1 is 1.00 bits per heavy atom. The van der Waals surface area contributed by atoms with Gasteiger partial charge in [-0.3, -0.25) is 4.79 Å². The summed E-state index contributed by atoms with van der Waals surface area (Å²) >= 11 is 0. The summed E-state index contributed by atoms with van der Waals surface area (Å²) in [6.07, 6.45) is 0. The van der Waals surface area contributed by atoms with Crippen LogP contribution in [0.2, 0.25) is 0 Å². The number of hydrogen-bond acceptors (Lipinski definition) is 2. The monoisotopic (exact) mass is 318 g/mol. The van der Waals surface area contributed by atoms with Crippen LogP contribution >= 0.6 is 0 Å². The molecule has 0 saturated heterocycles. The molecule has 0 fully saturated rings. The third kappa shape index (κ3) is 4.28. The van der Waals surface area contributed by atoms with Crippen molar-refractivity contribution in [3.8, 4) is 0 Å². The van der Waals surface area contributed by atoms with Gasteiger partial charge in [0, 0.05) is 17.4 Å². The molecule has 2 rings (SSSR count). The summed E-state index contributed by atoms with van der Waals surface area (Å²) in [6.45, 7) is 5.76. The molecule has 5 heteroatoms. The smallest absolute Gasteiger partial charge is 0.246 e. The average Bonchev–Trinajstić information content (AvgIpc) is 2.51. The zero-order valence-electron chi connectivity index (χ0n) is 13.4. The first-order valence-electron chi connectivity index (χ1n) is 7.50. The van der Waals surface area contributed by atoms with E-state index in [0.717, 1.165) is 23.4 Å². The Hall–Kier alpha value is -2.43. The Kier molecular flexibility index (Phi) is 5.32. The van der Waals surface area contributed by atoms with Crippen molar-refractivity contribution in [3.05, 3.63) is 59.7 Å². The lowest BCUT2D eigenvalue weighted by Crippen LogP contribution is -2.32. The molecular weight excluding hydrogens is 298 g/mol. The van der Waals surface area contributed by atoms with Crippen LogP contribution in [0.5, 0.6) is 0 Å². The maximum absolute atomic E-state index is 13.2. The van der Waals surface area contributed by atoms with E-state index < -0.39 is 17.7 Å². The van der Waals surface area contributed by atoms with Gasteiger partial charge < -0.3 is 10.6 Å². The van der Waals surface area contributed by atoms with Crippen molar-refractivity contribution in [2.24, 2.45) is 0 Å². The number of carbonyl (C=O) groups excluding carboxylic acids is 1. The van der Waals surface area contributed by atoms with E-state index in [-0.39, 0.29) is 11.8 Å². The predicted octanol–water partition coefficient (Wildman–Crippen LogP) is 4.53. The number of halogens is 2. The standard InChI is InChI=1S/C18H20F2N2O/c1-11(2)14-6-4-5-7-17(14)22-18(23)12(3)21-13-8-9-15(19)16(20)10-13/h4-12,21H,1-3H3,(H,22,23). The van der Waals surface area contributed by atoms with Crippen LogP contribution in [0.1, 0.15) is 32.3 Å². The molecule has 0 aliphatic heterocycles. The zero-order chi connectivity index (χ0) is 17.0. The van der Waals surface area contributed by atoms with Gasteiger partial charge in [0.15, 0.2) is 11.6 Å². The van der Waals surface area contributed by atoms with E-state index in [1.165, 1.54) is 6.07 Å². The molecule has 0 heterocycles. The van der Waals surface area contributed by atoms with Crippen LogP contribution in [-0.2, 0) is 4.79 Å². The largest absolute Gasteiger partial charge is 0.374 e. The summed E-state index contributed by atoms with van der Waals surface area (Å²) in [7, 11) is 0. The number of hydrogen-bond donors (Lipinski definition) is 2. The van der Waals surface area contributed by atoms with E-state index in [9.17, 15) is 13.6 Å². The second kappa shape index (κ2) is 7.22. The molecule has 0 aromatic heterocycles. The fraction of sp³-hybridized carbons (Fsp3) is 0.278. The fourth-order valence-corrected chi connectivity index (χ4v) is 2.26. The van der Waals surface area contributed by atoms with Crippen LogP contribution in [0.15, 0.2) is 42.5 Å². The highest BCUT2D eigenvalue weighted by Gasteiger charge is 2.16. The van der Waals surface area contributed by atoms with Gasteiger partial charge in [-0.25, -0.2) is 8.78 Å². The summed E-state index contributed by atoms with van der Waals surface area (Å²) in [5.74, 6) is -1.84. The van der Waals surface area contributed by atoms with E-state index in [0.29, 0.717) is 5.69 Å². The van der Waals surface area contributed by atoms with E-state index in [2.05, 4.69) is 10.6 Å². The van der Waals surface area contributed by atoms with Gasteiger partial charge in [0.2, 0.25) is 5.91 Å². The molecular formula is C18H20F2N2O. The van der Waals surface area contributed by atoms with Crippen LogP contribution in [0.4, 0.5) is 20.2 Å². The Balaban J connectivity index is 2.07. The van der Waals surface area contributed by atoms with Crippen LogP contribution in [0.3, 0.4) is 0 Å². The molecule has 122 valence electrons. The molecule has 1 unspecified atom stereocenters. The number of carbonyl (C=O) groups is 1. The molecule has 2 N–H and O–H groups in total. The van der Waals surface area contributed by atoms with E-state index >= 15 is 0 Å². The maximum Gasteiger partial charge on any atom is 0.246 e. The summed E-state index contributed by atoms with van der Waals surface area (Å²) in [5, 5.41) is 5.73. The third-order valence-corrected chi connectivity index (χ3v) is 3.54. The summed E-state index contributed by atoms with van der Waals surface area (Å²) in [4.78, 5) is 12.3. The predicted molar refractivity (Wildman–Crippen MR) is 88.6 cm³/mol. The van der Waals surface area contributed by atoms with Gasteiger partial charge in [-0.1, -0.05) is 32.0 Å². The molecule has 2 aromatic carbocycles. The minimum atomic E-state index is -0.951. The average molecular weight is 318 g/mol. The van der Waals surface area contributed by atoms with Gasteiger partial charge in [-0.05, 0) is 36.6 Å². The van der Waals surface area contributed by atoms with Crippen molar-refractivity contribution in [3.63, 3.8) is 0 Å². The van der Waals surface area contributed by atoms with Crippen LogP contribution in [0, 0.1) is 11.6 Å². The lowest BCUT2D eigenvalue weighted by molar-refractivity contribution is -0.116. The van der Waals surface area contributed by atoms with Gasteiger partial charge in [0.1, 0.15) is 6.04 Å². The molecule has 0 bridgehead atoms. The topological polar surface area (TPSA) is 41.1 Å². The van der Waals surface area contributed by atoms with Crippen molar-refractivity contribution >= 4 is 17.3 Å². The fourth-order valence-electron chi connectivity index (χ4n) is 2.26. The SMILES string of the molecule is CC(Nc1ccc(F)c(F)c1)C(=O)Nc1ccccc1C(C)C. The Bertz CT molecular complexity index is 701. The molecule has 3 nitrogen and oxygen atoms in total. The first-order valence-corrected chi connectivity index (χ1v) is 7.50. The number of nitrogens with one attached hydrogen (secondary N) is 2. The van der Waals surface area contributed by atoms with Crippen LogP contribution in [-0.4, -0.2) is 11.9 Å². The van der Waals surface area contributed by atoms with Crippen molar-refractivity contribution in [1.29, 1.82) is 0 Å². The van der Waals surface area contributed by atoms with Crippen molar-refractivity contribution in [1.82, 2.24) is 0 Å². The van der Waals surface area contributed by atoms with Crippen molar-refractivity contribution in [2.45, 2.75) is 32.7 Å². The summed E-state index contributed by atoms with van der Waals surface area (Å²) in [5.41, 5.74) is 2.15. The van der Waals surface area contributed by atoms with Gasteiger partial charge in [0.05, 0.1) is 0 Å². The minimum Gasteiger partial charge on any atom is -0.374 e. The Morgan fingerprint density at radius 2 is 1.70 bits per heavy atom. The number of rotatable bonds is 5. The van der Waals surface area contributed by atoms with E-state index in [4.69, 9.17) is 0 Å². The summed E-state index contributed by atoms with van der Waals surface area (Å²) in [6, 6.07) is 10.4. The van der Waals surface area contributed by atoms with Crippen LogP contribution in [0.25, 0.3) is 0 Å². The summed E-state index contributed by atoms with van der Waals surface area (Å²) < 4.78 is 26.1. The van der Waals surface area contributed by atoms with Gasteiger partial charge >= 0.3 is 0 Å². The highest BCUT2D eigenvalue weighted by atomic mass is 19.2. The van der Waals surface area contributed by atoms with E-state index in [1.807, 2.05) is 38.1 Å². The normalized spacial score (nSPS) is 12.1. The number of benzene rings is 2. The maximum atomic E-state index is 13.2. The van der Waals surface area contributed by atoms with Gasteiger partial charge in [-0.15, -0.1) is 0 Å². The molecule has 2 aromatic rings. The van der Waals surface area contributed by atoms with Crippen molar-refractivity contribution in [2.75, 3.05) is 10.6 Å². The molecule has 0 saturated carbocycles. The molecule has 0 radical (unpaired) electrons. The first-order chi connectivity index (χ1) is 10.9. The highest BCUT2D eigenvalue weighted by molar-refractivity contribution is 5.96. The quantitative estimate of drug-likeness (QED) is 0.850. The minimum absolute atomic E-state index is 0.247. The lowest BCUT2D eigenvalue weighted by Gasteiger charge is -2.18. The zero-order valence-corrected chi connectivity index (χ0v) is 13.4. The first kappa shape index (κ1) is 16.9. The molecule has 1 atom stereocenters. The molecule has 0 spiro atoms. The number of anilines is 2. The second-order valence-corrected chi connectivity index (χ2v) is 5.73. The van der Waals surface area contributed by atoms with E-state index in [1.54, 1.807) is 6.92 Å². The van der Waals surface area contributed by atoms with Gasteiger partial charge in [0.25, 0.3) is 0 Å². The van der Waals surface area contributed by atoms with Crippen LogP contribution < -0.4 is 10.6 Å². The third-order valence-electron chi connectivity index (χ3n) is 3.54. The molecule has 0 aliphatic rings. The van der Waals surface area contributed by atoms with Gasteiger partial charge in [-0.2, -0.15) is 0 Å². The number of para-hydroxylation sites is 1. The molecule has 0 aliphatic carbocycles. The van der Waals surface area contributed by atoms with Crippen molar-refractivity contribution < 1.29 is 13.6 Å². The highest BCUT2D eigenvalue weighted by Crippen LogP contribution is 2.24. The Morgan fingerprint density at radius 3 is 2.35 bits per heavy atom. The molecule has 1 amide bonds. The second-order valence-electron chi connectivity index (χ2n) is 5.73. The Labute approximate surface area is 134 Å². The number of amides is 1.